The molecule has 0 spiro atoms. The van der Waals surface area contributed by atoms with Gasteiger partial charge in [0.1, 0.15) is 11.6 Å². The summed E-state index contributed by atoms with van der Waals surface area (Å²) in [5.41, 5.74) is 6.17. The first kappa shape index (κ1) is 9.51. The molecule has 5 heteroatoms. The number of ether oxygens (including phenoxy) is 1. The molecule has 0 aromatic carbocycles. The van der Waals surface area contributed by atoms with Crippen LogP contribution in [-0.4, -0.2) is 22.4 Å². The lowest BCUT2D eigenvalue weighted by molar-refractivity contribution is 0.0997. The van der Waals surface area contributed by atoms with Gasteiger partial charge in [-0.3, -0.25) is 4.79 Å². The molecule has 0 saturated carbocycles. The summed E-state index contributed by atoms with van der Waals surface area (Å²) in [5, 5.41) is 0. The van der Waals surface area contributed by atoms with Crippen LogP contribution in [0.1, 0.15) is 16.3 Å². The molecule has 0 aliphatic heterocycles. The fourth-order valence-electron chi connectivity index (χ4n) is 1.53. The smallest absolute Gasteiger partial charge is 0.269 e. The lowest BCUT2D eigenvalue weighted by Gasteiger charge is -2.01. The van der Waals surface area contributed by atoms with Crippen molar-refractivity contribution in [2.24, 2.45) is 5.73 Å². The fraction of sp³-hybridized carbons (Fsp3) is 0.200. The van der Waals surface area contributed by atoms with E-state index in [1.54, 1.807) is 29.8 Å². The number of rotatable bonds is 2. The van der Waals surface area contributed by atoms with E-state index in [2.05, 4.69) is 4.98 Å². The summed E-state index contributed by atoms with van der Waals surface area (Å²) < 4.78 is 6.87. The number of methoxy groups -OCH3 is 1. The first-order valence-corrected chi connectivity index (χ1v) is 4.46. The molecule has 1 amide bonds. The van der Waals surface area contributed by atoms with Crippen LogP contribution < -0.4 is 10.5 Å². The summed E-state index contributed by atoms with van der Waals surface area (Å²) in [6.45, 7) is 1.81. The molecule has 0 bridgehead atoms. The number of carbonyl (C=O) groups excluding carboxylic acids is 1. The Kier molecular flexibility index (Phi) is 2.07. The van der Waals surface area contributed by atoms with E-state index in [4.69, 9.17) is 10.5 Å². The number of pyridine rings is 1. The highest BCUT2D eigenvalue weighted by atomic mass is 16.5. The van der Waals surface area contributed by atoms with Crippen LogP contribution in [0.15, 0.2) is 18.3 Å². The highest BCUT2D eigenvalue weighted by Crippen LogP contribution is 2.18. The summed E-state index contributed by atoms with van der Waals surface area (Å²) in [5.74, 6) is 0.861. The Morgan fingerprint density at radius 3 is 2.93 bits per heavy atom. The Hall–Kier alpha value is -2.04. The SMILES string of the molecule is COc1ccn2c(C)nc(C(N)=O)c2c1. The van der Waals surface area contributed by atoms with Gasteiger partial charge in [0.2, 0.25) is 0 Å². The number of primary amides is 1. The minimum absolute atomic E-state index is 0.270. The van der Waals surface area contributed by atoms with Crippen LogP contribution in [0.25, 0.3) is 5.52 Å². The van der Waals surface area contributed by atoms with Crippen molar-refractivity contribution < 1.29 is 9.53 Å². The van der Waals surface area contributed by atoms with E-state index in [0.717, 1.165) is 5.82 Å². The fourth-order valence-corrected chi connectivity index (χ4v) is 1.53. The number of hydrogen-bond donors (Lipinski definition) is 1. The van der Waals surface area contributed by atoms with Gasteiger partial charge in [-0.1, -0.05) is 0 Å². The molecule has 2 aromatic heterocycles. The van der Waals surface area contributed by atoms with Crippen LogP contribution in [0, 0.1) is 6.92 Å². The maximum absolute atomic E-state index is 11.1. The summed E-state index contributed by atoms with van der Waals surface area (Å²) in [6, 6.07) is 3.53. The summed E-state index contributed by atoms with van der Waals surface area (Å²) >= 11 is 0. The van der Waals surface area contributed by atoms with E-state index in [1.165, 1.54) is 0 Å². The van der Waals surface area contributed by atoms with Crippen LogP contribution in [0.5, 0.6) is 5.75 Å². The van der Waals surface area contributed by atoms with E-state index in [1.807, 2.05) is 6.92 Å². The molecular formula is C10H11N3O2. The van der Waals surface area contributed by atoms with Crippen molar-refractivity contribution >= 4 is 11.4 Å². The molecule has 0 fully saturated rings. The van der Waals surface area contributed by atoms with Gasteiger partial charge in [-0.05, 0) is 13.0 Å². The monoisotopic (exact) mass is 205 g/mol. The summed E-state index contributed by atoms with van der Waals surface area (Å²) in [6.07, 6.45) is 1.79. The number of nitrogens with two attached hydrogens (primary N) is 1. The van der Waals surface area contributed by atoms with Gasteiger partial charge in [0.05, 0.1) is 12.6 Å². The van der Waals surface area contributed by atoms with Crippen molar-refractivity contribution in [1.29, 1.82) is 0 Å². The van der Waals surface area contributed by atoms with Gasteiger partial charge >= 0.3 is 0 Å². The molecule has 0 aliphatic rings. The van der Waals surface area contributed by atoms with Crippen LogP contribution in [0.4, 0.5) is 0 Å². The van der Waals surface area contributed by atoms with E-state index in [-0.39, 0.29) is 5.69 Å². The molecule has 2 heterocycles. The Balaban J connectivity index is 2.77. The van der Waals surface area contributed by atoms with Crippen LogP contribution >= 0.6 is 0 Å². The Labute approximate surface area is 86.5 Å². The molecule has 2 N–H and O–H groups in total. The molecule has 0 saturated heterocycles. The lowest BCUT2D eigenvalue weighted by Crippen LogP contribution is -2.11. The molecule has 78 valence electrons. The zero-order chi connectivity index (χ0) is 11.0. The second-order valence-electron chi connectivity index (χ2n) is 3.19. The number of amides is 1. The molecule has 0 atom stereocenters. The van der Waals surface area contributed by atoms with Crippen molar-refractivity contribution in [2.45, 2.75) is 6.92 Å². The Bertz CT molecular complexity index is 531. The number of aromatic nitrogens is 2. The zero-order valence-corrected chi connectivity index (χ0v) is 8.52. The van der Waals surface area contributed by atoms with Crippen LogP contribution in [-0.2, 0) is 0 Å². The third-order valence-corrected chi connectivity index (χ3v) is 2.26. The second kappa shape index (κ2) is 3.27. The van der Waals surface area contributed by atoms with E-state index in [9.17, 15) is 4.79 Å². The van der Waals surface area contributed by atoms with Gasteiger partial charge in [-0.2, -0.15) is 0 Å². The molecule has 0 radical (unpaired) electrons. The number of aryl methyl sites for hydroxylation is 1. The highest BCUT2D eigenvalue weighted by Gasteiger charge is 2.13. The van der Waals surface area contributed by atoms with Crippen molar-refractivity contribution in [1.82, 2.24) is 9.38 Å². The van der Waals surface area contributed by atoms with Gasteiger partial charge in [-0.25, -0.2) is 4.98 Å². The normalized spacial score (nSPS) is 10.5. The maximum atomic E-state index is 11.1. The molecule has 5 nitrogen and oxygen atoms in total. The predicted octanol–water partition coefficient (Wildman–Crippen LogP) is 0.750. The van der Waals surface area contributed by atoms with Gasteiger partial charge in [-0.15, -0.1) is 0 Å². The molecule has 0 aliphatic carbocycles. The minimum Gasteiger partial charge on any atom is -0.497 e. The Morgan fingerprint density at radius 1 is 1.60 bits per heavy atom. The number of carbonyl (C=O) groups is 1. The second-order valence-corrected chi connectivity index (χ2v) is 3.19. The number of imidazole rings is 1. The van der Waals surface area contributed by atoms with E-state index >= 15 is 0 Å². The van der Waals surface area contributed by atoms with E-state index < -0.39 is 5.91 Å². The van der Waals surface area contributed by atoms with Crippen LogP contribution in [0.3, 0.4) is 0 Å². The topological polar surface area (TPSA) is 69.6 Å². The quantitative estimate of drug-likeness (QED) is 0.786. The lowest BCUT2D eigenvalue weighted by atomic mass is 10.3. The highest BCUT2D eigenvalue weighted by molar-refractivity contribution is 5.98. The van der Waals surface area contributed by atoms with Gasteiger partial charge < -0.3 is 14.9 Å². The largest absolute Gasteiger partial charge is 0.497 e. The van der Waals surface area contributed by atoms with E-state index in [0.29, 0.717) is 11.3 Å². The third-order valence-electron chi connectivity index (χ3n) is 2.26. The molecular weight excluding hydrogens is 194 g/mol. The number of nitrogens with zero attached hydrogens (tertiary/aromatic N) is 2. The minimum atomic E-state index is -0.533. The number of hydrogen-bond acceptors (Lipinski definition) is 3. The molecule has 15 heavy (non-hydrogen) atoms. The zero-order valence-electron chi connectivity index (χ0n) is 8.52. The summed E-state index contributed by atoms with van der Waals surface area (Å²) in [7, 11) is 1.57. The molecule has 2 aromatic rings. The van der Waals surface area contributed by atoms with Crippen molar-refractivity contribution in [3.63, 3.8) is 0 Å². The first-order valence-electron chi connectivity index (χ1n) is 4.46. The van der Waals surface area contributed by atoms with Gasteiger partial charge in [0, 0.05) is 12.3 Å². The average Bonchev–Trinajstić information content (AvgIpc) is 2.56. The molecule has 0 unspecified atom stereocenters. The van der Waals surface area contributed by atoms with Crippen molar-refractivity contribution in [2.75, 3.05) is 7.11 Å². The maximum Gasteiger partial charge on any atom is 0.269 e. The van der Waals surface area contributed by atoms with Crippen LogP contribution in [0.2, 0.25) is 0 Å². The molecule has 2 rings (SSSR count). The predicted molar refractivity (Wildman–Crippen MR) is 55.0 cm³/mol. The summed E-state index contributed by atoms with van der Waals surface area (Å²) in [4.78, 5) is 15.2. The van der Waals surface area contributed by atoms with Crippen molar-refractivity contribution in [3.8, 4) is 5.75 Å². The first-order chi connectivity index (χ1) is 7.13. The third kappa shape index (κ3) is 1.41. The van der Waals surface area contributed by atoms with Crippen molar-refractivity contribution in [3.05, 3.63) is 29.8 Å². The standard InChI is InChI=1S/C10H11N3O2/c1-6-12-9(10(11)14)8-5-7(15-2)3-4-13(6)8/h3-5H,1-2H3,(H2,11,14). The Morgan fingerprint density at radius 2 is 2.33 bits per heavy atom. The average molecular weight is 205 g/mol. The van der Waals surface area contributed by atoms with Gasteiger partial charge in [0.25, 0.3) is 5.91 Å². The van der Waals surface area contributed by atoms with Gasteiger partial charge in [0.15, 0.2) is 5.69 Å². The number of fused-ring (bicyclic) bond motifs is 1.